The number of carboxylic acids is 1. The molecule has 0 radical (unpaired) electrons. The van der Waals surface area contributed by atoms with Crippen molar-refractivity contribution in [2.75, 3.05) is 6.61 Å². The van der Waals surface area contributed by atoms with Crippen molar-refractivity contribution in [2.45, 2.75) is 32.6 Å². The molecule has 17 heavy (non-hydrogen) atoms. The number of hydrogen-bond acceptors (Lipinski definition) is 2. The number of hydrogen-bond donors (Lipinski definition) is 1. The minimum atomic E-state index is -0.772. The first kappa shape index (κ1) is 13.5. The lowest BCUT2D eigenvalue weighted by atomic mass is 10.2. The van der Waals surface area contributed by atoms with Crippen molar-refractivity contribution in [3.63, 3.8) is 0 Å². The van der Waals surface area contributed by atoms with E-state index in [1.807, 2.05) is 0 Å². The number of aryl methyl sites for hydroxylation is 1. The predicted molar refractivity (Wildman–Crippen MR) is 62.7 cm³/mol. The zero-order valence-electron chi connectivity index (χ0n) is 9.91. The van der Waals surface area contributed by atoms with Gasteiger partial charge in [-0.05, 0) is 37.8 Å². The monoisotopic (exact) mass is 240 g/mol. The van der Waals surface area contributed by atoms with E-state index in [0.29, 0.717) is 24.3 Å². The first-order valence-electron chi connectivity index (χ1n) is 5.70. The highest BCUT2D eigenvalue weighted by Gasteiger charge is 2.00. The Morgan fingerprint density at radius 1 is 1.35 bits per heavy atom. The van der Waals surface area contributed by atoms with Gasteiger partial charge in [-0.25, -0.2) is 4.39 Å². The minimum absolute atomic E-state index is 0.194. The van der Waals surface area contributed by atoms with E-state index < -0.39 is 5.97 Å². The summed E-state index contributed by atoms with van der Waals surface area (Å²) in [6.07, 6.45) is 2.43. The number of benzene rings is 1. The zero-order valence-corrected chi connectivity index (χ0v) is 9.91. The van der Waals surface area contributed by atoms with Crippen LogP contribution < -0.4 is 4.74 Å². The van der Waals surface area contributed by atoms with Gasteiger partial charge in [0.1, 0.15) is 11.6 Å². The van der Waals surface area contributed by atoms with E-state index in [4.69, 9.17) is 9.84 Å². The molecule has 0 saturated heterocycles. The molecular weight excluding hydrogens is 223 g/mol. The molecule has 0 aromatic heterocycles. The molecule has 0 aliphatic rings. The molecule has 0 atom stereocenters. The van der Waals surface area contributed by atoms with Crippen LogP contribution in [0.5, 0.6) is 5.75 Å². The summed E-state index contributed by atoms with van der Waals surface area (Å²) in [5.74, 6) is -0.522. The molecule has 3 nitrogen and oxygen atoms in total. The second kappa shape index (κ2) is 6.89. The summed E-state index contributed by atoms with van der Waals surface area (Å²) < 4.78 is 18.5. The summed E-state index contributed by atoms with van der Waals surface area (Å²) in [5.41, 5.74) is 0.596. The Balaban J connectivity index is 2.18. The summed E-state index contributed by atoms with van der Waals surface area (Å²) in [4.78, 5) is 10.2. The molecule has 4 heteroatoms. The third kappa shape index (κ3) is 5.33. The second-order valence-electron chi connectivity index (χ2n) is 3.96. The number of carbonyl (C=O) groups is 1. The Morgan fingerprint density at radius 3 is 2.76 bits per heavy atom. The van der Waals surface area contributed by atoms with Gasteiger partial charge in [0, 0.05) is 12.5 Å². The average Bonchev–Trinajstić information content (AvgIpc) is 2.27. The van der Waals surface area contributed by atoms with Crippen LogP contribution in [-0.2, 0) is 4.79 Å². The summed E-state index contributed by atoms with van der Waals surface area (Å²) in [5, 5.41) is 8.43. The van der Waals surface area contributed by atoms with Gasteiger partial charge in [-0.2, -0.15) is 0 Å². The van der Waals surface area contributed by atoms with Gasteiger partial charge in [-0.15, -0.1) is 0 Å². The van der Waals surface area contributed by atoms with E-state index in [9.17, 15) is 9.18 Å². The third-order valence-corrected chi connectivity index (χ3v) is 2.45. The normalized spacial score (nSPS) is 10.2. The Labute approximate surface area is 100 Å². The summed E-state index contributed by atoms with van der Waals surface area (Å²) in [6, 6.07) is 4.78. The van der Waals surface area contributed by atoms with Crippen LogP contribution in [0.3, 0.4) is 0 Å². The van der Waals surface area contributed by atoms with Crippen LogP contribution in [-0.4, -0.2) is 17.7 Å². The van der Waals surface area contributed by atoms with E-state index in [0.717, 1.165) is 12.8 Å². The van der Waals surface area contributed by atoms with E-state index in [1.54, 1.807) is 19.1 Å². The van der Waals surface area contributed by atoms with Crippen LogP contribution in [0.4, 0.5) is 4.39 Å². The van der Waals surface area contributed by atoms with E-state index >= 15 is 0 Å². The zero-order chi connectivity index (χ0) is 12.7. The van der Waals surface area contributed by atoms with E-state index in [1.165, 1.54) is 6.07 Å². The fourth-order valence-corrected chi connectivity index (χ4v) is 1.41. The smallest absolute Gasteiger partial charge is 0.303 e. The Kier molecular flexibility index (Phi) is 5.46. The first-order valence-corrected chi connectivity index (χ1v) is 5.70. The maximum absolute atomic E-state index is 13.2. The van der Waals surface area contributed by atoms with Gasteiger partial charge in [0.2, 0.25) is 0 Å². The van der Waals surface area contributed by atoms with Crippen molar-refractivity contribution in [3.8, 4) is 5.75 Å². The van der Waals surface area contributed by atoms with E-state index in [-0.39, 0.29) is 12.2 Å². The fraction of sp³-hybridized carbons (Fsp3) is 0.462. The van der Waals surface area contributed by atoms with Crippen molar-refractivity contribution in [2.24, 2.45) is 0 Å². The van der Waals surface area contributed by atoms with Crippen molar-refractivity contribution < 1.29 is 19.0 Å². The molecule has 1 aromatic rings. The molecule has 0 amide bonds. The average molecular weight is 240 g/mol. The molecule has 1 aromatic carbocycles. The van der Waals surface area contributed by atoms with Crippen LogP contribution in [0.2, 0.25) is 0 Å². The third-order valence-electron chi connectivity index (χ3n) is 2.45. The molecule has 0 fully saturated rings. The number of aliphatic carboxylic acids is 1. The van der Waals surface area contributed by atoms with Gasteiger partial charge in [0.25, 0.3) is 0 Å². The Morgan fingerprint density at radius 2 is 2.12 bits per heavy atom. The summed E-state index contributed by atoms with van der Waals surface area (Å²) in [6.45, 7) is 2.19. The van der Waals surface area contributed by atoms with Crippen molar-refractivity contribution in [1.29, 1.82) is 0 Å². The van der Waals surface area contributed by atoms with Crippen LogP contribution >= 0.6 is 0 Å². The lowest BCUT2D eigenvalue weighted by molar-refractivity contribution is -0.137. The second-order valence-corrected chi connectivity index (χ2v) is 3.96. The number of ether oxygens (including phenoxy) is 1. The van der Waals surface area contributed by atoms with Crippen molar-refractivity contribution >= 4 is 5.97 Å². The quantitative estimate of drug-likeness (QED) is 0.745. The lowest BCUT2D eigenvalue weighted by Crippen LogP contribution is -1.99. The highest BCUT2D eigenvalue weighted by atomic mass is 19.1. The van der Waals surface area contributed by atoms with Gasteiger partial charge in [-0.3, -0.25) is 4.79 Å². The first-order chi connectivity index (χ1) is 8.09. The fourth-order valence-electron chi connectivity index (χ4n) is 1.41. The molecule has 0 spiro atoms. The number of unbranched alkanes of at least 4 members (excludes halogenated alkanes) is 2. The topological polar surface area (TPSA) is 46.5 Å². The number of carboxylic acid groups (broad SMARTS) is 1. The maximum Gasteiger partial charge on any atom is 0.303 e. The van der Waals surface area contributed by atoms with Gasteiger partial charge >= 0.3 is 5.97 Å². The van der Waals surface area contributed by atoms with E-state index in [2.05, 4.69) is 0 Å². The molecule has 0 aliphatic carbocycles. The summed E-state index contributed by atoms with van der Waals surface area (Å²) in [7, 11) is 0. The van der Waals surface area contributed by atoms with Crippen LogP contribution in [0.25, 0.3) is 0 Å². The molecular formula is C13H17FO3. The highest BCUT2D eigenvalue weighted by molar-refractivity contribution is 5.66. The van der Waals surface area contributed by atoms with Gasteiger partial charge < -0.3 is 9.84 Å². The minimum Gasteiger partial charge on any atom is -0.493 e. The molecule has 94 valence electrons. The largest absolute Gasteiger partial charge is 0.493 e. The number of rotatable bonds is 7. The lowest BCUT2D eigenvalue weighted by Gasteiger charge is -2.06. The highest BCUT2D eigenvalue weighted by Crippen LogP contribution is 2.16. The standard InChI is InChI=1S/C13H17FO3/c1-10-6-7-11(9-12(10)14)17-8-4-2-3-5-13(15)16/h6-7,9H,2-5,8H2,1H3,(H,15,16). The molecule has 1 rings (SSSR count). The van der Waals surface area contributed by atoms with Crippen molar-refractivity contribution in [1.82, 2.24) is 0 Å². The predicted octanol–water partition coefficient (Wildman–Crippen LogP) is 3.16. The maximum atomic E-state index is 13.2. The summed E-state index contributed by atoms with van der Waals surface area (Å²) >= 11 is 0. The van der Waals surface area contributed by atoms with Crippen LogP contribution in [0, 0.1) is 12.7 Å². The Hall–Kier alpha value is -1.58. The van der Waals surface area contributed by atoms with Crippen LogP contribution in [0.1, 0.15) is 31.2 Å². The van der Waals surface area contributed by atoms with Crippen molar-refractivity contribution in [3.05, 3.63) is 29.6 Å². The molecule has 0 aliphatic heterocycles. The number of halogens is 1. The molecule has 0 bridgehead atoms. The Bertz CT molecular complexity index is 377. The van der Waals surface area contributed by atoms with Crippen LogP contribution in [0.15, 0.2) is 18.2 Å². The molecule has 0 heterocycles. The van der Waals surface area contributed by atoms with Gasteiger partial charge in [-0.1, -0.05) is 6.07 Å². The van der Waals surface area contributed by atoms with Gasteiger partial charge in [0.15, 0.2) is 0 Å². The van der Waals surface area contributed by atoms with Gasteiger partial charge in [0.05, 0.1) is 6.61 Å². The SMILES string of the molecule is Cc1ccc(OCCCCCC(=O)O)cc1F. The molecule has 0 saturated carbocycles. The molecule has 0 unspecified atom stereocenters. The molecule has 1 N–H and O–H groups in total.